The number of hydrogen-bond acceptors (Lipinski definition) is 6. The monoisotopic (exact) mass is 384 g/mol. The molecule has 1 N–H and O–H groups in total. The summed E-state index contributed by atoms with van der Waals surface area (Å²) in [5.74, 6) is -0.785. The molecule has 0 aliphatic rings. The van der Waals surface area contributed by atoms with Crippen molar-refractivity contribution in [3.63, 3.8) is 0 Å². The van der Waals surface area contributed by atoms with Crippen LogP contribution in [-0.2, 0) is 24.3 Å². The lowest BCUT2D eigenvalue weighted by Crippen LogP contribution is -2.34. The molecule has 144 valence electrons. The zero-order valence-corrected chi connectivity index (χ0v) is 16.1. The number of carbonyl (C=O) groups is 2. The minimum Gasteiger partial charge on any atom is -0.495 e. The van der Waals surface area contributed by atoms with Gasteiger partial charge in [0.05, 0.1) is 7.11 Å². The average molecular weight is 384 g/mol. The van der Waals surface area contributed by atoms with E-state index in [1.54, 1.807) is 11.0 Å². The number of ether oxygens (including phenoxy) is 2. The summed E-state index contributed by atoms with van der Waals surface area (Å²) in [5, 5.41) is 0. The molecule has 0 unspecified atom stereocenters. The Labute approximate surface area is 153 Å². The Morgan fingerprint density at radius 3 is 2.42 bits per heavy atom. The average Bonchev–Trinajstić information content (AvgIpc) is 2.65. The van der Waals surface area contributed by atoms with E-state index in [-0.39, 0.29) is 23.2 Å². The molecule has 0 atom stereocenters. The molecule has 0 bridgehead atoms. The predicted molar refractivity (Wildman–Crippen MR) is 97.2 cm³/mol. The van der Waals surface area contributed by atoms with Crippen LogP contribution in [0.2, 0.25) is 0 Å². The van der Waals surface area contributed by atoms with Crippen molar-refractivity contribution in [2.45, 2.75) is 18.7 Å². The summed E-state index contributed by atoms with van der Waals surface area (Å²) in [6.07, 6.45) is 2.53. The van der Waals surface area contributed by atoms with Crippen molar-refractivity contribution >= 4 is 28.0 Å². The zero-order valence-electron chi connectivity index (χ0n) is 15.3. The van der Waals surface area contributed by atoms with Gasteiger partial charge < -0.3 is 14.4 Å². The lowest BCUT2D eigenvalue weighted by Gasteiger charge is -2.17. The molecular formula is C17H24N2O6S. The van der Waals surface area contributed by atoms with Crippen molar-refractivity contribution in [1.29, 1.82) is 0 Å². The Hall–Kier alpha value is -2.39. The van der Waals surface area contributed by atoms with E-state index in [2.05, 4.69) is 4.72 Å². The summed E-state index contributed by atoms with van der Waals surface area (Å²) in [5.41, 5.74) is 0.464. The van der Waals surface area contributed by atoms with Crippen LogP contribution in [-0.4, -0.2) is 59.0 Å². The topological polar surface area (TPSA) is 102 Å². The Bertz CT molecular complexity index is 769. The van der Waals surface area contributed by atoms with E-state index in [0.29, 0.717) is 18.7 Å². The van der Waals surface area contributed by atoms with Gasteiger partial charge in [0.1, 0.15) is 10.6 Å². The van der Waals surface area contributed by atoms with E-state index in [9.17, 15) is 18.0 Å². The van der Waals surface area contributed by atoms with Crippen molar-refractivity contribution in [1.82, 2.24) is 9.62 Å². The second-order valence-corrected chi connectivity index (χ2v) is 6.98. The van der Waals surface area contributed by atoms with E-state index in [0.717, 1.165) is 6.08 Å². The molecule has 0 heterocycles. The molecular weight excluding hydrogens is 360 g/mol. The first-order chi connectivity index (χ1) is 12.3. The normalized spacial score (nSPS) is 11.4. The zero-order chi connectivity index (χ0) is 19.7. The van der Waals surface area contributed by atoms with Gasteiger partial charge in [-0.05, 0) is 44.7 Å². The molecule has 0 saturated carbocycles. The van der Waals surface area contributed by atoms with Crippen LogP contribution in [0, 0.1) is 0 Å². The van der Waals surface area contributed by atoms with Crippen LogP contribution in [0.5, 0.6) is 5.75 Å². The minimum atomic E-state index is -3.71. The number of rotatable bonds is 9. The number of nitrogens with zero attached hydrogens (tertiary/aromatic N) is 1. The summed E-state index contributed by atoms with van der Waals surface area (Å²) >= 11 is 0. The van der Waals surface area contributed by atoms with E-state index < -0.39 is 16.0 Å². The Kier molecular flexibility index (Phi) is 8.27. The Balaban J connectivity index is 2.84. The third-order valence-electron chi connectivity index (χ3n) is 3.61. The number of benzene rings is 1. The molecule has 26 heavy (non-hydrogen) atoms. The highest BCUT2D eigenvalue weighted by molar-refractivity contribution is 7.89. The van der Waals surface area contributed by atoms with Crippen LogP contribution in [0.1, 0.15) is 19.4 Å². The van der Waals surface area contributed by atoms with Crippen LogP contribution >= 0.6 is 0 Å². The molecule has 0 radical (unpaired) electrons. The van der Waals surface area contributed by atoms with Crippen molar-refractivity contribution in [3.05, 3.63) is 29.8 Å². The standard InChI is InChI=1S/C17H24N2O6S/c1-5-19(6-2)16(20)12-25-17(21)10-8-13-7-9-14(24-4)15(11-13)26(22,23)18-3/h7-11,18H,5-6,12H2,1-4H3/b10-8+. The number of hydrogen-bond donors (Lipinski definition) is 1. The highest BCUT2D eigenvalue weighted by Crippen LogP contribution is 2.25. The third kappa shape index (κ3) is 5.85. The first-order valence-corrected chi connectivity index (χ1v) is 9.51. The van der Waals surface area contributed by atoms with Crippen LogP contribution in [0.3, 0.4) is 0 Å². The van der Waals surface area contributed by atoms with Gasteiger partial charge >= 0.3 is 5.97 Å². The number of methoxy groups -OCH3 is 1. The predicted octanol–water partition coefficient (Wildman–Crippen LogP) is 1.03. The van der Waals surface area contributed by atoms with Gasteiger partial charge in [0.25, 0.3) is 5.91 Å². The number of esters is 1. The number of amides is 1. The van der Waals surface area contributed by atoms with Crippen LogP contribution in [0.25, 0.3) is 6.08 Å². The lowest BCUT2D eigenvalue weighted by molar-refractivity contribution is -0.147. The van der Waals surface area contributed by atoms with Gasteiger partial charge in [-0.15, -0.1) is 0 Å². The maximum Gasteiger partial charge on any atom is 0.331 e. The van der Waals surface area contributed by atoms with Gasteiger partial charge in [0.2, 0.25) is 10.0 Å². The van der Waals surface area contributed by atoms with Gasteiger partial charge in [0.15, 0.2) is 6.61 Å². The van der Waals surface area contributed by atoms with Gasteiger partial charge in [-0.2, -0.15) is 0 Å². The highest BCUT2D eigenvalue weighted by Gasteiger charge is 2.18. The van der Waals surface area contributed by atoms with E-state index in [4.69, 9.17) is 9.47 Å². The molecule has 0 spiro atoms. The molecule has 0 saturated heterocycles. The molecule has 0 aliphatic carbocycles. The number of nitrogens with one attached hydrogen (secondary N) is 1. The second kappa shape index (κ2) is 9.93. The van der Waals surface area contributed by atoms with Gasteiger partial charge in [-0.25, -0.2) is 17.9 Å². The molecule has 8 nitrogen and oxygen atoms in total. The fraction of sp³-hybridized carbons (Fsp3) is 0.412. The van der Waals surface area contributed by atoms with Crippen molar-refractivity contribution in [2.75, 3.05) is 33.9 Å². The Morgan fingerprint density at radius 1 is 1.23 bits per heavy atom. The fourth-order valence-electron chi connectivity index (χ4n) is 2.13. The maximum absolute atomic E-state index is 12.0. The second-order valence-electron chi connectivity index (χ2n) is 5.12. The molecule has 9 heteroatoms. The number of sulfonamides is 1. The summed E-state index contributed by atoms with van der Waals surface area (Å²) in [4.78, 5) is 25.0. The molecule has 1 amide bonds. The van der Waals surface area contributed by atoms with Crippen LogP contribution < -0.4 is 9.46 Å². The van der Waals surface area contributed by atoms with Crippen LogP contribution in [0.4, 0.5) is 0 Å². The largest absolute Gasteiger partial charge is 0.495 e. The summed E-state index contributed by atoms with van der Waals surface area (Å²) in [7, 11) is -1.06. The third-order valence-corrected chi connectivity index (χ3v) is 5.05. The SMILES string of the molecule is CCN(CC)C(=O)COC(=O)/C=C/c1ccc(OC)c(S(=O)(=O)NC)c1. The maximum atomic E-state index is 12.0. The lowest BCUT2D eigenvalue weighted by atomic mass is 10.2. The molecule has 1 rings (SSSR count). The Morgan fingerprint density at radius 2 is 1.88 bits per heavy atom. The molecule has 1 aromatic rings. The summed E-state index contributed by atoms with van der Waals surface area (Å²) < 4.78 is 36.2. The van der Waals surface area contributed by atoms with Crippen molar-refractivity contribution in [2.24, 2.45) is 0 Å². The molecule has 1 aromatic carbocycles. The molecule has 0 aromatic heterocycles. The van der Waals surface area contributed by atoms with Gasteiger partial charge in [-0.3, -0.25) is 4.79 Å². The molecule has 0 aliphatic heterocycles. The first-order valence-electron chi connectivity index (χ1n) is 8.03. The summed E-state index contributed by atoms with van der Waals surface area (Å²) in [6, 6.07) is 4.45. The quantitative estimate of drug-likeness (QED) is 0.504. The van der Waals surface area contributed by atoms with E-state index in [1.165, 1.54) is 32.4 Å². The van der Waals surface area contributed by atoms with E-state index in [1.807, 2.05) is 13.8 Å². The number of likely N-dealkylation sites (N-methyl/N-ethyl adjacent to an activating group) is 1. The van der Waals surface area contributed by atoms with Crippen LogP contribution in [0.15, 0.2) is 29.2 Å². The van der Waals surface area contributed by atoms with Crippen molar-refractivity contribution < 1.29 is 27.5 Å². The summed E-state index contributed by atoms with van der Waals surface area (Å²) in [6.45, 7) is 4.41. The van der Waals surface area contributed by atoms with Gasteiger partial charge in [0, 0.05) is 19.2 Å². The van der Waals surface area contributed by atoms with E-state index >= 15 is 0 Å². The smallest absolute Gasteiger partial charge is 0.331 e. The number of carbonyl (C=O) groups excluding carboxylic acids is 2. The highest BCUT2D eigenvalue weighted by atomic mass is 32.2. The minimum absolute atomic E-state index is 0.0465. The first kappa shape index (κ1) is 21.7. The van der Waals surface area contributed by atoms with Crippen molar-refractivity contribution in [3.8, 4) is 5.75 Å². The molecule has 0 fully saturated rings. The van der Waals surface area contributed by atoms with Gasteiger partial charge in [-0.1, -0.05) is 6.07 Å². The fourth-order valence-corrected chi connectivity index (χ4v) is 3.06.